The smallest absolute Gasteiger partial charge is 0.138 e. The molecule has 0 spiro atoms. The largest absolute Gasteiger partial charge is 0.506 e. The number of aromatic hydroxyl groups is 1. The summed E-state index contributed by atoms with van der Waals surface area (Å²) < 4.78 is 0.865. The van der Waals surface area contributed by atoms with Gasteiger partial charge in [0.2, 0.25) is 0 Å². The highest BCUT2D eigenvalue weighted by molar-refractivity contribution is 7.17. The number of hydrogen-bond donors (Lipinski definition) is 2. The summed E-state index contributed by atoms with van der Waals surface area (Å²) in [6, 6.07) is 3.81. The molecule has 0 aliphatic carbocycles. The van der Waals surface area contributed by atoms with Crippen molar-refractivity contribution in [3.8, 4) is 5.75 Å². The molecule has 0 radical (unpaired) electrons. The van der Waals surface area contributed by atoms with Crippen molar-refractivity contribution < 1.29 is 10.2 Å². The van der Waals surface area contributed by atoms with Crippen LogP contribution in [-0.2, 0) is 6.61 Å². The third-order valence-electron chi connectivity index (χ3n) is 2.17. The summed E-state index contributed by atoms with van der Waals surface area (Å²) in [5, 5.41) is 21.7. The molecule has 0 aliphatic heterocycles. The van der Waals surface area contributed by atoms with Crippen molar-refractivity contribution in [1.82, 2.24) is 0 Å². The van der Waals surface area contributed by atoms with Crippen LogP contribution in [0.2, 0.25) is 0 Å². The predicted molar refractivity (Wildman–Crippen MR) is 54.1 cm³/mol. The van der Waals surface area contributed by atoms with Gasteiger partial charge in [0.25, 0.3) is 0 Å². The summed E-state index contributed by atoms with van der Waals surface area (Å²) in [7, 11) is 0. The lowest BCUT2D eigenvalue weighted by atomic mass is 10.1. The second-order valence-electron chi connectivity index (χ2n) is 3.02. The van der Waals surface area contributed by atoms with E-state index in [-0.39, 0.29) is 12.4 Å². The van der Waals surface area contributed by atoms with E-state index in [1.807, 2.05) is 24.4 Å². The second-order valence-corrected chi connectivity index (χ2v) is 3.94. The fourth-order valence-electron chi connectivity index (χ4n) is 1.48. The zero-order valence-electron chi connectivity index (χ0n) is 7.24. The van der Waals surface area contributed by atoms with E-state index in [0.717, 1.165) is 15.6 Å². The minimum Gasteiger partial charge on any atom is -0.506 e. The van der Waals surface area contributed by atoms with Gasteiger partial charge in [-0.15, -0.1) is 11.3 Å². The van der Waals surface area contributed by atoms with Gasteiger partial charge in [-0.2, -0.15) is 0 Å². The van der Waals surface area contributed by atoms with Crippen molar-refractivity contribution >= 4 is 21.4 Å². The van der Waals surface area contributed by atoms with Crippen LogP contribution < -0.4 is 0 Å². The lowest BCUT2D eigenvalue weighted by Crippen LogP contribution is -1.86. The average Bonchev–Trinajstić information content (AvgIpc) is 2.60. The Bertz CT molecular complexity index is 445. The van der Waals surface area contributed by atoms with E-state index in [1.165, 1.54) is 11.3 Å². The molecule has 0 fully saturated rings. The van der Waals surface area contributed by atoms with Gasteiger partial charge in [-0.3, -0.25) is 0 Å². The molecule has 2 rings (SSSR count). The maximum absolute atomic E-state index is 9.71. The lowest BCUT2D eigenvalue weighted by molar-refractivity contribution is 0.276. The van der Waals surface area contributed by atoms with Gasteiger partial charge in [0, 0.05) is 5.56 Å². The van der Waals surface area contributed by atoms with E-state index in [9.17, 15) is 5.11 Å². The van der Waals surface area contributed by atoms with Crippen LogP contribution >= 0.6 is 11.3 Å². The maximum atomic E-state index is 9.71. The highest BCUT2D eigenvalue weighted by atomic mass is 32.1. The summed E-state index contributed by atoms with van der Waals surface area (Å²) in [4.78, 5) is 0. The van der Waals surface area contributed by atoms with E-state index >= 15 is 0 Å². The number of phenols is 1. The van der Waals surface area contributed by atoms with Crippen LogP contribution in [0, 0.1) is 6.92 Å². The highest BCUT2D eigenvalue weighted by Crippen LogP contribution is 2.35. The molecule has 0 saturated carbocycles. The Morgan fingerprint density at radius 1 is 1.46 bits per heavy atom. The van der Waals surface area contributed by atoms with Crippen LogP contribution in [0.1, 0.15) is 11.1 Å². The zero-order valence-corrected chi connectivity index (χ0v) is 8.06. The van der Waals surface area contributed by atoms with Crippen LogP contribution in [-0.4, -0.2) is 10.2 Å². The maximum Gasteiger partial charge on any atom is 0.138 e. The van der Waals surface area contributed by atoms with Gasteiger partial charge in [-0.05, 0) is 35.4 Å². The third-order valence-corrected chi connectivity index (χ3v) is 3.09. The van der Waals surface area contributed by atoms with E-state index < -0.39 is 0 Å². The topological polar surface area (TPSA) is 40.5 Å². The van der Waals surface area contributed by atoms with Crippen molar-refractivity contribution in [1.29, 1.82) is 0 Å². The van der Waals surface area contributed by atoms with E-state index in [1.54, 1.807) is 0 Å². The summed E-state index contributed by atoms with van der Waals surface area (Å²) in [5.41, 5.74) is 1.70. The Kier molecular flexibility index (Phi) is 1.98. The van der Waals surface area contributed by atoms with Crippen LogP contribution in [0.25, 0.3) is 10.1 Å². The van der Waals surface area contributed by atoms with E-state index in [0.29, 0.717) is 5.56 Å². The first kappa shape index (κ1) is 8.53. The van der Waals surface area contributed by atoms with E-state index in [2.05, 4.69) is 0 Å². The van der Waals surface area contributed by atoms with E-state index in [4.69, 9.17) is 5.11 Å². The Balaban J connectivity index is 2.85. The summed E-state index contributed by atoms with van der Waals surface area (Å²) in [6.45, 7) is 1.87. The van der Waals surface area contributed by atoms with Crippen molar-refractivity contribution in [2.75, 3.05) is 0 Å². The molecule has 68 valence electrons. The predicted octanol–water partition coefficient (Wildman–Crippen LogP) is 2.41. The Hall–Kier alpha value is -1.06. The molecule has 2 N–H and O–H groups in total. The summed E-state index contributed by atoms with van der Waals surface area (Å²) in [6.07, 6.45) is 0. The molecule has 13 heavy (non-hydrogen) atoms. The highest BCUT2D eigenvalue weighted by Gasteiger charge is 2.08. The number of hydrogen-bond acceptors (Lipinski definition) is 3. The van der Waals surface area contributed by atoms with Crippen molar-refractivity contribution in [2.24, 2.45) is 0 Å². The first-order valence-electron chi connectivity index (χ1n) is 4.03. The zero-order chi connectivity index (χ0) is 9.42. The molecule has 0 aliphatic rings. The number of benzene rings is 1. The summed E-state index contributed by atoms with van der Waals surface area (Å²) >= 11 is 1.50. The molecular formula is C10H10O2S. The van der Waals surface area contributed by atoms with Gasteiger partial charge in [-0.1, -0.05) is 0 Å². The molecule has 1 aromatic carbocycles. The first-order chi connectivity index (χ1) is 6.24. The normalized spacial score (nSPS) is 10.9. The van der Waals surface area contributed by atoms with Crippen molar-refractivity contribution in [2.45, 2.75) is 13.5 Å². The first-order valence-corrected chi connectivity index (χ1v) is 4.91. The van der Waals surface area contributed by atoms with Crippen LogP contribution in [0.5, 0.6) is 5.75 Å². The molecule has 2 aromatic rings. The van der Waals surface area contributed by atoms with Crippen LogP contribution in [0.3, 0.4) is 0 Å². The molecule has 2 nitrogen and oxygen atoms in total. The molecule has 0 amide bonds. The van der Waals surface area contributed by atoms with Gasteiger partial charge >= 0.3 is 0 Å². The fraction of sp³-hybridized carbons (Fsp3) is 0.200. The number of fused-ring (bicyclic) bond motifs is 1. The molecule has 1 heterocycles. The molecule has 3 heteroatoms. The molecular weight excluding hydrogens is 184 g/mol. The molecule has 0 atom stereocenters. The monoisotopic (exact) mass is 194 g/mol. The van der Waals surface area contributed by atoms with Crippen LogP contribution in [0.15, 0.2) is 17.5 Å². The number of thiophene rings is 1. The van der Waals surface area contributed by atoms with Gasteiger partial charge in [0.15, 0.2) is 0 Å². The quantitative estimate of drug-likeness (QED) is 0.731. The van der Waals surface area contributed by atoms with Gasteiger partial charge in [-0.25, -0.2) is 0 Å². The van der Waals surface area contributed by atoms with Gasteiger partial charge in [0.05, 0.1) is 11.3 Å². The van der Waals surface area contributed by atoms with Crippen molar-refractivity contribution in [3.63, 3.8) is 0 Å². The Morgan fingerprint density at radius 2 is 2.23 bits per heavy atom. The van der Waals surface area contributed by atoms with Gasteiger partial charge < -0.3 is 10.2 Å². The lowest BCUT2D eigenvalue weighted by Gasteiger charge is -2.04. The second kappa shape index (κ2) is 3.01. The number of aliphatic hydroxyl groups excluding tert-OH is 1. The number of aryl methyl sites for hydroxylation is 1. The van der Waals surface area contributed by atoms with Gasteiger partial charge in [0.1, 0.15) is 5.75 Å². The summed E-state index contributed by atoms with van der Waals surface area (Å²) in [5.74, 6) is 0.220. The fourth-order valence-corrected chi connectivity index (χ4v) is 2.42. The Labute approximate surface area is 80.1 Å². The minimum absolute atomic E-state index is 0.111. The average molecular weight is 194 g/mol. The SMILES string of the molecule is Cc1cc(CO)c(O)c2sccc12. The number of aliphatic hydroxyl groups is 1. The molecule has 0 unspecified atom stereocenters. The standard InChI is InChI=1S/C10H10O2S/c1-6-4-7(5-11)9(12)10-8(6)2-3-13-10/h2-4,11-12H,5H2,1H3. The Morgan fingerprint density at radius 3 is 2.92 bits per heavy atom. The molecule has 1 aromatic heterocycles. The minimum atomic E-state index is -0.111. The molecule has 0 bridgehead atoms. The third kappa shape index (κ3) is 1.20. The van der Waals surface area contributed by atoms with Crippen molar-refractivity contribution in [3.05, 3.63) is 28.6 Å². The molecule has 0 saturated heterocycles. The van der Waals surface area contributed by atoms with Crippen LogP contribution in [0.4, 0.5) is 0 Å². The number of rotatable bonds is 1.